The van der Waals surface area contributed by atoms with Crippen molar-refractivity contribution in [1.29, 1.82) is 0 Å². The molecule has 4 aromatic rings. The van der Waals surface area contributed by atoms with Crippen LogP contribution in [0.2, 0.25) is 0 Å². The number of H-pyrrole nitrogens is 1. The van der Waals surface area contributed by atoms with Crippen LogP contribution in [-0.4, -0.2) is 30.2 Å². The summed E-state index contributed by atoms with van der Waals surface area (Å²) < 4.78 is 18.1. The maximum absolute atomic E-state index is 14.5. The molecule has 0 saturated carbocycles. The quantitative estimate of drug-likeness (QED) is 0.498. The van der Waals surface area contributed by atoms with Crippen LogP contribution in [0.1, 0.15) is 41.1 Å². The fourth-order valence-corrected chi connectivity index (χ4v) is 4.19. The lowest BCUT2D eigenvalue weighted by molar-refractivity contribution is 0.102. The maximum Gasteiger partial charge on any atom is 0.330 e. The second kappa shape index (κ2) is 8.50. The lowest BCUT2D eigenvalue weighted by Crippen LogP contribution is -2.17. The summed E-state index contributed by atoms with van der Waals surface area (Å²) in [5.41, 5.74) is 2.25. The van der Waals surface area contributed by atoms with Crippen molar-refractivity contribution in [1.82, 2.24) is 24.3 Å². The van der Waals surface area contributed by atoms with Crippen molar-refractivity contribution in [2.45, 2.75) is 39.2 Å². The van der Waals surface area contributed by atoms with Gasteiger partial charge in [0, 0.05) is 36.0 Å². The number of nitrogens with zero attached hydrogens (tertiary/aromatic N) is 4. The van der Waals surface area contributed by atoms with E-state index in [1.165, 1.54) is 10.6 Å². The summed E-state index contributed by atoms with van der Waals surface area (Å²) >= 11 is 0. The highest BCUT2D eigenvalue weighted by Crippen LogP contribution is 2.27. The van der Waals surface area contributed by atoms with Gasteiger partial charge in [-0.3, -0.25) is 9.36 Å². The zero-order valence-electron chi connectivity index (χ0n) is 18.1. The van der Waals surface area contributed by atoms with Crippen LogP contribution in [0.15, 0.2) is 53.5 Å². The molecule has 2 N–H and O–H groups in total. The maximum atomic E-state index is 14.5. The Hall–Kier alpha value is -4.01. The second-order valence-corrected chi connectivity index (χ2v) is 8.17. The number of aromatic nitrogens is 5. The van der Waals surface area contributed by atoms with Gasteiger partial charge in [-0.05, 0) is 62.2 Å². The van der Waals surface area contributed by atoms with Crippen molar-refractivity contribution in [2.75, 3.05) is 5.32 Å². The van der Waals surface area contributed by atoms with Crippen molar-refractivity contribution < 1.29 is 9.18 Å². The van der Waals surface area contributed by atoms with Gasteiger partial charge in [0.15, 0.2) is 5.82 Å². The van der Waals surface area contributed by atoms with Crippen LogP contribution in [0.4, 0.5) is 10.1 Å². The minimum absolute atomic E-state index is 0.0743. The van der Waals surface area contributed by atoms with E-state index in [1.54, 1.807) is 42.6 Å². The molecule has 8 nitrogen and oxygen atoms in total. The van der Waals surface area contributed by atoms with Crippen LogP contribution >= 0.6 is 0 Å². The molecule has 1 aliphatic heterocycles. The molecular formula is C24H23FN6O2. The summed E-state index contributed by atoms with van der Waals surface area (Å²) in [6, 6.07) is 11.1. The van der Waals surface area contributed by atoms with Gasteiger partial charge < -0.3 is 14.9 Å². The topological polar surface area (TPSA) is 97.6 Å². The Morgan fingerprint density at radius 3 is 2.67 bits per heavy atom. The monoisotopic (exact) mass is 446 g/mol. The van der Waals surface area contributed by atoms with Gasteiger partial charge in [0.05, 0.1) is 11.4 Å². The van der Waals surface area contributed by atoms with Crippen molar-refractivity contribution in [3.05, 3.63) is 82.0 Å². The number of hydrogen-bond donors (Lipinski definition) is 2. The average Bonchev–Trinajstić information content (AvgIpc) is 3.28. The molecule has 0 bridgehead atoms. The van der Waals surface area contributed by atoms with Crippen molar-refractivity contribution in [3.8, 4) is 17.1 Å². The first-order chi connectivity index (χ1) is 16.0. The van der Waals surface area contributed by atoms with Crippen LogP contribution < -0.4 is 11.0 Å². The highest BCUT2D eigenvalue weighted by Gasteiger charge is 2.18. The molecule has 0 fully saturated rings. The molecule has 0 aliphatic carbocycles. The van der Waals surface area contributed by atoms with Gasteiger partial charge in [-0.1, -0.05) is 6.42 Å². The van der Waals surface area contributed by atoms with Crippen molar-refractivity contribution in [3.63, 3.8) is 0 Å². The summed E-state index contributed by atoms with van der Waals surface area (Å²) in [5, 5.41) is 11.3. The van der Waals surface area contributed by atoms with Crippen LogP contribution in [0, 0.1) is 12.7 Å². The van der Waals surface area contributed by atoms with E-state index in [2.05, 4.69) is 25.1 Å². The molecule has 1 aliphatic rings. The fourth-order valence-electron chi connectivity index (χ4n) is 4.19. The minimum Gasteiger partial charge on any atom is -0.319 e. The number of aromatic amines is 1. The zero-order valence-corrected chi connectivity index (χ0v) is 18.1. The predicted octanol–water partition coefficient (Wildman–Crippen LogP) is 3.85. The normalized spacial score (nSPS) is 13.4. The average molecular weight is 446 g/mol. The number of rotatable bonds is 4. The van der Waals surface area contributed by atoms with E-state index in [0.717, 1.165) is 43.7 Å². The number of fused-ring (bicyclic) bond motifs is 1. The van der Waals surface area contributed by atoms with Crippen molar-refractivity contribution >= 4 is 11.6 Å². The first-order valence-electron chi connectivity index (χ1n) is 10.9. The van der Waals surface area contributed by atoms with E-state index in [-0.39, 0.29) is 11.4 Å². The number of halogens is 1. The lowest BCUT2D eigenvalue weighted by Gasteiger charge is -2.11. The Labute approximate surface area is 189 Å². The van der Waals surface area contributed by atoms with Crippen LogP contribution in [-0.2, 0) is 13.0 Å². The predicted molar refractivity (Wildman–Crippen MR) is 122 cm³/mol. The van der Waals surface area contributed by atoms with E-state index in [1.807, 2.05) is 6.92 Å². The standard InChI is InChI=1S/C24H23FN6O2/c1-15-14-26-24(33)31(15)18-9-6-16(7-10-18)23(32)27-20-13-17(8-11-19(20)25)22-29-28-21-5-3-2-4-12-30(21)22/h6-11,13-14H,2-5,12H2,1H3,(H,26,33)(H,27,32). The second-order valence-electron chi connectivity index (χ2n) is 8.17. The molecule has 0 spiro atoms. The number of nitrogens with one attached hydrogen (secondary N) is 2. The van der Waals surface area contributed by atoms with Crippen molar-refractivity contribution in [2.24, 2.45) is 0 Å². The SMILES string of the molecule is Cc1c[nH]c(=O)n1-c1ccc(C(=O)Nc2cc(-c3nnc4n3CCCCC4)ccc2F)cc1. The third-order valence-corrected chi connectivity index (χ3v) is 5.93. The number of carbonyl (C=O) groups excluding carboxylic acids is 1. The first-order valence-corrected chi connectivity index (χ1v) is 10.9. The lowest BCUT2D eigenvalue weighted by atomic mass is 10.1. The third kappa shape index (κ3) is 3.97. The number of benzene rings is 2. The molecule has 168 valence electrons. The summed E-state index contributed by atoms with van der Waals surface area (Å²) in [6.45, 7) is 2.63. The molecule has 0 atom stereocenters. The molecule has 1 amide bonds. The van der Waals surface area contributed by atoms with Gasteiger partial charge in [-0.2, -0.15) is 0 Å². The van der Waals surface area contributed by atoms with E-state index in [0.29, 0.717) is 22.6 Å². The largest absolute Gasteiger partial charge is 0.330 e. The third-order valence-electron chi connectivity index (χ3n) is 5.93. The van der Waals surface area contributed by atoms with Gasteiger partial charge in [0.1, 0.15) is 11.6 Å². The number of imidazole rings is 1. The van der Waals surface area contributed by atoms with Crippen LogP contribution in [0.5, 0.6) is 0 Å². The van der Waals surface area contributed by atoms with E-state index in [9.17, 15) is 14.0 Å². The Morgan fingerprint density at radius 2 is 1.91 bits per heavy atom. The number of aryl methyl sites for hydroxylation is 2. The van der Waals surface area contributed by atoms with Gasteiger partial charge in [-0.15, -0.1) is 10.2 Å². The smallest absolute Gasteiger partial charge is 0.319 e. The Kier molecular flexibility index (Phi) is 5.37. The van der Waals surface area contributed by atoms with Gasteiger partial charge in [0.25, 0.3) is 5.91 Å². The molecule has 0 unspecified atom stereocenters. The molecule has 9 heteroatoms. The Balaban J connectivity index is 1.39. The number of hydrogen-bond acceptors (Lipinski definition) is 4. The van der Waals surface area contributed by atoms with Gasteiger partial charge in [-0.25, -0.2) is 9.18 Å². The van der Waals surface area contributed by atoms with E-state index >= 15 is 0 Å². The molecule has 2 aromatic heterocycles. The molecule has 5 rings (SSSR count). The fraction of sp³-hybridized carbons (Fsp3) is 0.250. The number of anilines is 1. The molecule has 0 radical (unpaired) electrons. The summed E-state index contributed by atoms with van der Waals surface area (Å²) in [5.74, 6) is 0.637. The molecule has 0 saturated heterocycles. The highest BCUT2D eigenvalue weighted by molar-refractivity contribution is 6.04. The zero-order chi connectivity index (χ0) is 22.9. The first kappa shape index (κ1) is 20.9. The van der Waals surface area contributed by atoms with Gasteiger partial charge >= 0.3 is 5.69 Å². The van der Waals surface area contributed by atoms with Gasteiger partial charge in [0.2, 0.25) is 0 Å². The summed E-state index contributed by atoms with van der Waals surface area (Å²) in [7, 11) is 0. The van der Waals surface area contributed by atoms with Crippen LogP contribution in [0.3, 0.4) is 0 Å². The van der Waals surface area contributed by atoms with Crippen LogP contribution in [0.25, 0.3) is 17.1 Å². The minimum atomic E-state index is -0.533. The molecular weight excluding hydrogens is 423 g/mol. The molecule has 2 aromatic carbocycles. The summed E-state index contributed by atoms with van der Waals surface area (Å²) in [4.78, 5) is 27.4. The highest BCUT2D eigenvalue weighted by atomic mass is 19.1. The molecule has 3 heterocycles. The number of carbonyl (C=O) groups is 1. The molecule has 33 heavy (non-hydrogen) atoms. The van der Waals surface area contributed by atoms with E-state index in [4.69, 9.17) is 0 Å². The summed E-state index contributed by atoms with van der Waals surface area (Å²) in [6.07, 6.45) is 5.77. The van der Waals surface area contributed by atoms with E-state index < -0.39 is 11.7 Å². The Morgan fingerprint density at radius 1 is 1.09 bits per heavy atom. The number of amides is 1. The Bertz CT molecular complexity index is 1380.